The summed E-state index contributed by atoms with van der Waals surface area (Å²) in [5, 5.41) is 13.4. The average Bonchev–Trinajstić information content (AvgIpc) is 3.57. The molecule has 2 N–H and O–H groups in total. The summed E-state index contributed by atoms with van der Waals surface area (Å²) in [5.41, 5.74) is -1.88. The standard InChI is InChI=1S/C35H57N3O7/c1-11-13-14-26(40)36-19-23(5)44-32(43)27-25-15-16-35(45-25)28(27)30(41)38(24(20-39)18-22(3)4)29(35)31(42)37(17-12-2)34(9,10)21-33(6,7)8/h11-12,22-25,27-29,39H,1-2,13-21H2,3-10H3,(H,36,40)/t23-,24+,25-,27+,28+,29-,35+/m0/s1. The van der Waals surface area contributed by atoms with Crippen molar-refractivity contribution in [3.63, 3.8) is 0 Å². The van der Waals surface area contributed by atoms with Crippen molar-refractivity contribution in [3.05, 3.63) is 25.3 Å². The zero-order valence-electron chi connectivity index (χ0n) is 28.8. The molecule has 10 heteroatoms. The number of hydrogen-bond donors (Lipinski definition) is 2. The third kappa shape index (κ3) is 7.81. The Balaban J connectivity index is 1.99. The lowest BCUT2D eigenvalue weighted by Gasteiger charge is -2.46. The Labute approximate surface area is 269 Å². The second-order valence-electron chi connectivity index (χ2n) is 15.4. The summed E-state index contributed by atoms with van der Waals surface area (Å²) < 4.78 is 12.4. The Bertz CT molecular complexity index is 1130. The van der Waals surface area contributed by atoms with Gasteiger partial charge < -0.3 is 29.7 Å². The molecule has 2 bridgehead atoms. The highest BCUT2D eigenvalue weighted by Crippen LogP contribution is 2.59. The number of allylic oxidation sites excluding steroid dienone is 1. The summed E-state index contributed by atoms with van der Waals surface area (Å²) in [7, 11) is 0. The molecule has 3 aliphatic heterocycles. The van der Waals surface area contributed by atoms with Crippen molar-refractivity contribution < 1.29 is 33.8 Å². The van der Waals surface area contributed by atoms with Gasteiger partial charge in [-0.25, -0.2) is 0 Å². The molecule has 7 atom stereocenters. The number of nitrogens with one attached hydrogen (secondary N) is 1. The Morgan fingerprint density at radius 3 is 2.40 bits per heavy atom. The minimum absolute atomic E-state index is 0.0839. The van der Waals surface area contributed by atoms with Crippen molar-refractivity contribution >= 4 is 23.7 Å². The minimum atomic E-state index is -1.22. The Morgan fingerprint density at radius 2 is 1.84 bits per heavy atom. The zero-order chi connectivity index (χ0) is 33.9. The fraction of sp³-hybridized carbons (Fsp3) is 0.771. The molecule has 0 saturated carbocycles. The van der Waals surface area contributed by atoms with Crippen LogP contribution in [0.3, 0.4) is 0 Å². The monoisotopic (exact) mass is 631 g/mol. The number of hydrogen-bond acceptors (Lipinski definition) is 7. The lowest BCUT2D eigenvalue weighted by atomic mass is 9.70. The molecule has 3 aliphatic rings. The summed E-state index contributed by atoms with van der Waals surface area (Å²) in [6, 6.07) is -1.62. The molecule has 1 spiro atoms. The number of esters is 1. The number of carbonyl (C=O) groups is 4. The largest absolute Gasteiger partial charge is 0.460 e. The number of ether oxygens (including phenoxy) is 2. The van der Waals surface area contributed by atoms with Crippen molar-refractivity contribution in [2.45, 2.75) is 129 Å². The van der Waals surface area contributed by atoms with Gasteiger partial charge in [-0.2, -0.15) is 0 Å². The first-order valence-corrected chi connectivity index (χ1v) is 16.5. The van der Waals surface area contributed by atoms with Crippen LogP contribution in [0.25, 0.3) is 0 Å². The maximum Gasteiger partial charge on any atom is 0.312 e. The van der Waals surface area contributed by atoms with E-state index >= 15 is 0 Å². The number of aliphatic hydroxyl groups is 1. The molecule has 10 nitrogen and oxygen atoms in total. The number of fused-ring (bicyclic) bond motifs is 1. The SMILES string of the molecule is C=CCCC(=O)NC[C@H](C)OC(=O)[C@@H]1[C@@H]2CC[C@]3(O2)[C@H](C(=O)N(CC=C)C(C)(C)CC(C)(C)C)N([C@@H](CO)CC(C)C)C(=O)[C@@H]13. The highest BCUT2D eigenvalue weighted by atomic mass is 16.6. The molecular weight excluding hydrogens is 574 g/mol. The maximum atomic E-state index is 14.9. The number of amides is 3. The molecule has 3 amide bonds. The first-order chi connectivity index (χ1) is 20.9. The van der Waals surface area contributed by atoms with Gasteiger partial charge in [0.05, 0.1) is 37.1 Å². The predicted molar refractivity (Wildman–Crippen MR) is 173 cm³/mol. The molecule has 0 unspecified atom stereocenters. The lowest BCUT2D eigenvalue weighted by molar-refractivity contribution is -0.160. The molecule has 3 heterocycles. The molecule has 0 aliphatic carbocycles. The van der Waals surface area contributed by atoms with Gasteiger partial charge in [0.25, 0.3) is 0 Å². The molecule has 254 valence electrons. The number of aliphatic hydroxyl groups excluding tert-OH is 1. The molecule has 0 radical (unpaired) electrons. The number of nitrogens with zero attached hydrogens (tertiary/aromatic N) is 2. The van der Waals surface area contributed by atoms with Crippen LogP contribution in [0.1, 0.15) is 93.9 Å². The molecule has 3 saturated heterocycles. The van der Waals surface area contributed by atoms with E-state index in [1.54, 1.807) is 28.9 Å². The van der Waals surface area contributed by atoms with Crippen LogP contribution in [0.2, 0.25) is 0 Å². The van der Waals surface area contributed by atoms with Crippen LogP contribution < -0.4 is 5.32 Å². The van der Waals surface area contributed by atoms with Gasteiger partial charge in [-0.15, -0.1) is 13.2 Å². The third-order valence-corrected chi connectivity index (χ3v) is 9.34. The van der Waals surface area contributed by atoms with Crippen molar-refractivity contribution in [1.82, 2.24) is 15.1 Å². The van der Waals surface area contributed by atoms with Crippen molar-refractivity contribution in [1.29, 1.82) is 0 Å². The summed E-state index contributed by atoms with van der Waals surface area (Å²) >= 11 is 0. The van der Waals surface area contributed by atoms with Gasteiger partial charge in [-0.1, -0.05) is 46.8 Å². The van der Waals surface area contributed by atoms with E-state index in [2.05, 4.69) is 39.2 Å². The average molecular weight is 632 g/mol. The van der Waals surface area contributed by atoms with Crippen molar-refractivity contribution in [2.75, 3.05) is 19.7 Å². The maximum absolute atomic E-state index is 14.9. The number of likely N-dealkylation sites (tertiary alicyclic amines) is 1. The van der Waals surface area contributed by atoms with E-state index in [0.717, 1.165) is 0 Å². The Kier molecular flexibility index (Phi) is 11.7. The van der Waals surface area contributed by atoms with Crippen molar-refractivity contribution in [2.24, 2.45) is 23.2 Å². The summed E-state index contributed by atoms with van der Waals surface area (Å²) in [4.78, 5) is 58.5. The summed E-state index contributed by atoms with van der Waals surface area (Å²) in [5.74, 6) is -3.00. The normalized spacial score (nSPS) is 27.2. The molecule has 3 rings (SSSR count). The van der Waals surface area contributed by atoms with Gasteiger partial charge >= 0.3 is 5.97 Å². The van der Waals surface area contributed by atoms with E-state index < -0.39 is 53.2 Å². The topological polar surface area (TPSA) is 125 Å². The number of carbonyl (C=O) groups excluding carboxylic acids is 4. The lowest BCUT2D eigenvalue weighted by Crippen LogP contribution is -2.62. The second kappa shape index (κ2) is 14.4. The summed E-state index contributed by atoms with van der Waals surface area (Å²) in [6.07, 6.45) is 5.16. The molecule has 3 fully saturated rings. The Hall–Kier alpha value is -2.72. The van der Waals surface area contributed by atoms with Crippen LogP contribution in [0, 0.1) is 23.2 Å². The van der Waals surface area contributed by atoms with Crippen LogP contribution in [-0.2, 0) is 28.7 Å². The van der Waals surface area contributed by atoms with E-state index in [9.17, 15) is 24.3 Å². The van der Waals surface area contributed by atoms with Crippen LogP contribution in [0.5, 0.6) is 0 Å². The predicted octanol–water partition coefficient (Wildman–Crippen LogP) is 4.01. The number of rotatable bonds is 16. The van der Waals surface area contributed by atoms with E-state index in [-0.39, 0.29) is 48.8 Å². The van der Waals surface area contributed by atoms with Crippen molar-refractivity contribution in [3.8, 4) is 0 Å². The third-order valence-electron chi connectivity index (χ3n) is 9.34. The van der Waals surface area contributed by atoms with Crippen LogP contribution in [-0.4, -0.2) is 93.7 Å². The highest BCUT2D eigenvalue weighted by molar-refractivity contribution is 5.98. The fourth-order valence-corrected chi connectivity index (χ4v) is 8.05. The van der Waals surface area contributed by atoms with E-state index in [1.165, 1.54) is 0 Å². The first-order valence-electron chi connectivity index (χ1n) is 16.5. The summed E-state index contributed by atoms with van der Waals surface area (Å²) in [6.45, 7) is 23.8. The zero-order valence-corrected chi connectivity index (χ0v) is 28.8. The molecular formula is C35H57N3O7. The molecule has 0 aromatic carbocycles. The van der Waals surface area contributed by atoms with Crippen LogP contribution in [0.4, 0.5) is 0 Å². The second-order valence-corrected chi connectivity index (χ2v) is 15.4. The van der Waals surface area contributed by atoms with Gasteiger partial charge in [0.15, 0.2) is 0 Å². The van der Waals surface area contributed by atoms with E-state index in [4.69, 9.17) is 9.47 Å². The Morgan fingerprint density at radius 1 is 1.18 bits per heavy atom. The van der Waals surface area contributed by atoms with Gasteiger partial charge in [-0.05, 0) is 64.2 Å². The minimum Gasteiger partial charge on any atom is -0.460 e. The van der Waals surface area contributed by atoms with E-state index in [1.807, 2.05) is 27.7 Å². The smallest absolute Gasteiger partial charge is 0.312 e. The van der Waals surface area contributed by atoms with Gasteiger partial charge in [0, 0.05) is 18.5 Å². The first kappa shape index (κ1) is 36.7. The molecule has 0 aromatic rings. The fourth-order valence-electron chi connectivity index (χ4n) is 8.05. The van der Waals surface area contributed by atoms with Gasteiger partial charge in [0.2, 0.25) is 17.7 Å². The highest BCUT2D eigenvalue weighted by Gasteiger charge is 2.76. The molecule has 45 heavy (non-hydrogen) atoms. The van der Waals surface area contributed by atoms with Gasteiger partial charge in [0.1, 0.15) is 17.7 Å². The van der Waals surface area contributed by atoms with Gasteiger partial charge in [-0.3, -0.25) is 19.2 Å². The van der Waals surface area contributed by atoms with E-state index in [0.29, 0.717) is 38.5 Å². The van der Waals surface area contributed by atoms with Crippen LogP contribution in [0.15, 0.2) is 25.3 Å². The van der Waals surface area contributed by atoms with Crippen LogP contribution >= 0.6 is 0 Å². The quantitative estimate of drug-likeness (QED) is 0.195. The molecule has 0 aromatic heterocycles.